The zero-order valence-corrected chi connectivity index (χ0v) is 17.8. The molecule has 0 unspecified atom stereocenters. The van der Waals surface area contributed by atoms with Gasteiger partial charge in [0.2, 0.25) is 5.91 Å². The third-order valence-corrected chi connectivity index (χ3v) is 5.81. The molecule has 1 aromatic heterocycles. The van der Waals surface area contributed by atoms with Crippen LogP contribution in [0.2, 0.25) is 0 Å². The van der Waals surface area contributed by atoms with E-state index in [2.05, 4.69) is 25.1 Å². The maximum absolute atomic E-state index is 13.7. The van der Waals surface area contributed by atoms with Gasteiger partial charge in [-0.05, 0) is 42.5 Å². The van der Waals surface area contributed by atoms with Crippen LogP contribution in [0.3, 0.4) is 0 Å². The first kappa shape index (κ1) is 21.9. The van der Waals surface area contributed by atoms with Crippen LogP contribution >= 0.6 is 11.8 Å². The number of benzene rings is 2. The number of hydrogen-bond donors (Lipinski definition) is 1. The van der Waals surface area contributed by atoms with Crippen LogP contribution in [0.4, 0.5) is 30.4 Å². The molecule has 0 saturated carbocycles. The first-order valence-electron chi connectivity index (χ1n) is 9.94. The number of nitrogens with zero attached hydrogens (tertiary/aromatic N) is 4. The van der Waals surface area contributed by atoms with Crippen molar-refractivity contribution in [2.24, 2.45) is 0 Å². The van der Waals surface area contributed by atoms with Crippen LogP contribution in [-0.2, 0) is 4.79 Å². The van der Waals surface area contributed by atoms with E-state index >= 15 is 0 Å². The Morgan fingerprint density at radius 2 is 1.62 bits per heavy atom. The van der Waals surface area contributed by atoms with Gasteiger partial charge in [0.1, 0.15) is 23.3 Å². The van der Waals surface area contributed by atoms with Crippen molar-refractivity contribution in [3.05, 3.63) is 72.2 Å². The summed E-state index contributed by atoms with van der Waals surface area (Å²) in [6, 6.07) is 11.1. The fourth-order valence-electron chi connectivity index (χ4n) is 3.33. The number of anilines is 3. The molecule has 0 radical (unpaired) electrons. The molecule has 1 amide bonds. The number of rotatable bonds is 6. The summed E-state index contributed by atoms with van der Waals surface area (Å²) in [5, 5.41) is 2.77. The Hall–Kier alpha value is -3.27. The van der Waals surface area contributed by atoms with Gasteiger partial charge in [-0.2, -0.15) is 0 Å². The van der Waals surface area contributed by atoms with Crippen molar-refractivity contribution in [2.75, 3.05) is 47.0 Å². The van der Waals surface area contributed by atoms with E-state index in [1.165, 1.54) is 12.1 Å². The maximum Gasteiger partial charge on any atom is 0.234 e. The quantitative estimate of drug-likeness (QED) is 0.445. The highest BCUT2D eigenvalue weighted by Crippen LogP contribution is 2.22. The molecule has 2 aromatic carbocycles. The van der Waals surface area contributed by atoms with Gasteiger partial charge in [-0.1, -0.05) is 11.8 Å². The van der Waals surface area contributed by atoms with Gasteiger partial charge in [-0.25, -0.2) is 23.1 Å². The van der Waals surface area contributed by atoms with Crippen molar-refractivity contribution in [3.63, 3.8) is 0 Å². The standard InChI is InChI=1S/C22H20F3N5OS/c23-15-1-4-17(5-2-15)29-9-11-30(12-10-29)20-7-8-26-22(28-20)32-14-21(31)27-19-13-16(24)3-6-18(19)25/h1-8,13H,9-12,14H2,(H,27,31). The smallest absolute Gasteiger partial charge is 0.234 e. The molecule has 3 aromatic rings. The van der Waals surface area contributed by atoms with Crippen LogP contribution in [0, 0.1) is 17.5 Å². The van der Waals surface area contributed by atoms with Crippen LogP contribution in [0.15, 0.2) is 59.9 Å². The van der Waals surface area contributed by atoms with Crippen LogP contribution in [0.5, 0.6) is 0 Å². The van der Waals surface area contributed by atoms with Gasteiger partial charge in [-0.3, -0.25) is 4.79 Å². The SMILES string of the molecule is O=C(CSc1nccc(N2CCN(c3ccc(F)cc3)CC2)n1)Nc1cc(F)ccc1F. The lowest BCUT2D eigenvalue weighted by Crippen LogP contribution is -2.46. The maximum atomic E-state index is 13.7. The van der Waals surface area contributed by atoms with E-state index in [-0.39, 0.29) is 17.3 Å². The second-order valence-corrected chi connectivity index (χ2v) is 8.05. The summed E-state index contributed by atoms with van der Waals surface area (Å²) < 4.78 is 40.0. The summed E-state index contributed by atoms with van der Waals surface area (Å²) in [5.74, 6) is -1.38. The zero-order valence-electron chi connectivity index (χ0n) is 17.0. The third kappa shape index (κ3) is 5.50. The highest BCUT2D eigenvalue weighted by atomic mass is 32.2. The van der Waals surface area contributed by atoms with Crippen LogP contribution in [-0.4, -0.2) is 47.8 Å². The molecule has 1 saturated heterocycles. The zero-order chi connectivity index (χ0) is 22.5. The van der Waals surface area contributed by atoms with Crippen molar-refractivity contribution >= 4 is 34.9 Å². The predicted molar refractivity (Wildman–Crippen MR) is 119 cm³/mol. The molecule has 0 spiro atoms. The lowest BCUT2D eigenvalue weighted by Gasteiger charge is -2.36. The molecule has 1 fully saturated rings. The Balaban J connectivity index is 1.31. The van der Waals surface area contributed by atoms with E-state index in [0.29, 0.717) is 5.16 Å². The highest BCUT2D eigenvalue weighted by molar-refractivity contribution is 7.99. The minimum Gasteiger partial charge on any atom is -0.368 e. The second-order valence-electron chi connectivity index (χ2n) is 7.11. The molecule has 1 aliphatic rings. The molecule has 166 valence electrons. The van der Waals surface area contributed by atoms with Gasteiger partial charge in [0, 0.05) is 44.1 Å². The molecule has 2 heterocycles. The average Bonchev–Trinajstić information content (AvgIpc) is 2.81. The van der Waals surface area contributed by atoms with E-state index in [9.17, 15) is 18.0 Å². The van der Waals surface area contributed by atoms with Crippen molar-refractivity contribution < 1.29 is 18.0 Å². The van der Waals surface area contributed by atoms with Crippen LogP contribution in [0.25, 0.3) is 0 Å². The molecular formula is C22H20F3N5OS. The number of carbonyl (C=O) groups excluding carboxylic acids is 1. The minimum atomic E-state index is -0.706. The van der Waals surface area contributed by atoms with Crippen LogP contribution < -0.4 is 15.1 Å². The molecule has 0 atom stereocenters. The first-order chi connectivity index (χ1) is 15.5. The molecule has 10 heteroatoms. The summed E-state index contributed by atoms with van der Waals surface area (Å²) in [7, 11) is 0. The lowest BCUT2D eigenvalue weighted by molar-refractivity contribution is -0.113. The summed E-state index contributed by atoms with van der Waals surface area (Å²) in [6.45, 7) is 3.00. The predicted octanol–water partition coefficient (Wildman–Crippen LogP) is 3.95. The number of carbonyl (C=O) groups is 1. The van der Waals surface area contributed by atoms with Gasteiger partial charge in [-0.15, -0.1) is 0 Å². The number of piperazine rings is 1. The number of thioether (sulfide) groups is 1. The monoisotopic (exact) mass is 459 g/mol. The number of hydrogen-bond acceptors (Lipinski definition) is 6. The van der Waals surface area contributed by atoms with Crippen molar-refractivity contribution in [2.45, 2.75) is 5.16 Å². The summed E-state index contributed by atoms with van der Waals surface area (Å²) in [6.07, 6.45) is 1.63. The lowest BCUT2D eigenvalue weighted by atomic mass is 10.2. The Kier molecular flexibility index (Phi) is 6.79. The number of halogens is 3. The molecule has 0 aliphatic carbocycles. The Labute approximate surface area is 187 Å². The Morgan fingerprint density at radius 1 is 0.938 bits per heavy atom. The topological polar surface area (TPSA) is 61.4 Å². The summed E-state index contributed by atoms with van der Waals surface area (Å²) in [4.78, 5) is 25.1. The van der Waals surface area contributed by atoms with Gasteiger partial charge in [0.05, 0.1) is 11.4 Å². The molecule has 4 rings (SSSR count). The van der Waals surface area contributed by atoms with Crippen LogP contribution in [0.1, 0.15) is 0 Å². The number of aromatic nitrogens is 2. The van der Waals surface area contributed by atoms with E-state index in [1.54, 1.807) is 24.4 Å². The normalized spacial score (nSPS) is 13.8. The van der Waals surface area contributed by atoms with E-state index < -0.39 is 17.5 Å². The van der Waals surface area contributed by atoms with E-state index in [0.717, 1.165) is 67.6 Å². The fourth-order valence-corrected chi connectivity index (χ4v) is 3.96. The van der Waals surface area contributed by atoms with E-state index in [1.807, 2.05) is 0 Å². The molecule has 0 bridgehead atoms. The number of nitrogens with one attached hydrogen (secondary N) is 1. The number of amides is 1. The average molecular weight is 459 g/mol. The van der Waals surface area contributed by atoms with Crippen molar-refractivity contribution in [3.8, 4) is 0 Å². The molecule has 1 N–H and O–H groups in total. The van der Waals surface area contributed by atoms with Gasteiger partial charge in [0.25, 0.3) is 0 Å². The Morgan fingerprint density at radius 3 is 2.38 bits per heavy atom. The molecule has 32 heavy (non-hydrogen) atoms. The van der Waals surface area contributed by atoms with Gasteiger partial charge >= 0.3 is 0 Å². The summed E-state index contributed by atoms with van der Waals surface area (Å²) >= 11 is 1.11. The third-order valence-electron chi connectivity index (χ3n) is 4.95. The summed E-state index contributed by atoms with van der Waals surface area (Å²) in [5.41, 5.74) is 0.773. The van der Waals surface area contributed by atoms with E-state index in [4.69, 9.17) is 0 Å². The van der Waals surface area contributed by atoms with Crippen molar-refractivity contribution in [1.29, 1.82) is 0 Å². The highest BCUT2D eigenvalue weighted by Gasteiger charge is 2.19. The minimum absolute atomic E-state index is 0.0439. The largest absolute Gasteiger partial charge is 0.368 e. The molecule has 1 aliphatic heterocycles. The van der Waals surface area contributed by atoms with Gasteiger partial charge in [0.15, 0.2) is 5.16 Å². The second kappa shape index (κ2) is 9.90. The fraction of sp³-hybridized carbons (Fsp3) is 0.227. The molecular weight excluding hydrogens is 439 g/mol. The van der Waals surface area contributed by atoms with Crippen molar-refractivity contribution in [1.82, 2.24) is 9.97 Å². The van der Waals surface area contributed by atoms with Gasteiger partial charge < -0.3 is 15.1 Å². The molecule has 6 nitrogen and oxygen atoms in total. The Bertz CT molecular complexity index is 1090. The first-order valence-corrected chi connectivity index (χ1v) is 10.9.